The minimum Gasteiger partial charge on any atom is -0.488 e. The second-order valence-electron chi connectivity index (χ2n) is 3.91. The highest BCUT2D eigenvalue weighted by molar-refractivity contribution is 5.56. The smallest absolute Gasteiger partial charge is 0.145 e. The van der Waals surface area contributed by atoms with Crippen molar-refractivity contribution in [2.24, 2.45) is 0 Å². The van der Waals surface area contributed by atoms with Gasteiger partial charge in [-0.1, -0.05) is 0 Å². The molecule has 1 aliphatic rings. The Kier molecular flexibility index (Phi) is 3.09. The SMILES string of the molecule is CNc1ccc(F)cc1OC1CCCC1. The van der Waals surface area contributed by atoms with Crippen molar-refractivity contribution < 1.29 is 9.13 Å². The molecular formula is C12H16FNO. The molecule has 2 rings (SSSR count). The van der Waals surface area contributed by atoms with Crippen molar-refractivity contribution in [3.05, 3.63) is 24.0 Å². The standard InChI is InChI=1S/C12H16FNO/c1-14-11-7-6-9(13)8-12(11)15-10-4-2-3-5-10/h6-8,10,14H,2-5H2,1H3. The van der Waals surface area contributed by atoms with Crippen LogP contribution in [0, 0.1) is 5.82 Å². The largest absolute Gasteiger partial charge is 0.488 e. The minimum absolute atomic E-state index is 0.248. The summed E-state index contributed by atoms with van der Waals surface area (Å²) in [6.07, 6.45) is 4.86. The van der Waals surface area contributed by atoms with Crippen LogP contribution in [-0.4, -0.2) is 13.2 Å². The lowest BCUT2D eigenvalue weighted by molar-refractivity contribution is 0.210. The van der Waals surface area contributed by atoms with Crippen LogP contribution in [0.4, 0.5) is 10.1 Å². The maximum atomic E-state index is 13.0. The molecule has 0 saturated heterocycles. The van der Waals surface area contributed by atoms with E-state index in [0.717, 1.165) is 18.5 Å². The topological polar surface area (TPSA) is 21.3 Å². The van der Waals surface area contributed by atoms with Crippen LogP contribution in [0.2, 0.25) is 0 Å². The number of anilines is 1. The molecule has 0 unspecified atom stereocenters. The molecular weight excluding hydrogens is 193 g/mol. The Morgan fingerprint density at radius 2 is 2.07 bits per heavy atom. The number of hydrogen-bond acceptors (Lipinski definition) is 2. The van der Waals surface area contributed by atoms with Crippen LogP contribution < -0.4 is 10.1 Å². The van der Waals surface area contributed by atoms with E-state index in [1.807, 2.05) is 7.05 Å². The highest BCUT2D eigenvalue weighted by Gasteiger charge is 2.17. The Balaban J connectivity index is 2.14. The first-order valence-electron chi connectivity index (χ1n) is 5.43. The fourth-order valence-corrected chi connectivity index (χ4v) is 1.99. The zero-order valence-electron chi connectivity index (χ0n) is 8.92. The molecule has 0 aromatic heterocycles. The van der Waals surface area contributed by atoms with E-state index in [1.54, 1.807) is 6.07 Å². The molecule has 2 nitrogen and oxygen atoms in total. The van der Waals surface area contributed by atoms with E-state index in [2.05, 4.69) is 5.32 Å². The van der Waals surface area contributed by atoms with E-state index in [9.17, 15) is 4.39 Å². The highest BCUT2D eigenvalue weighted by atomic mass is 19.1. The van der Waals surface area contributed by atoms with E-state index in [0.29, 0.717) is 5.75 Å². The Morgan fingerprint density at radius 1 is 1.33 bits per heavy atom. The fraction of sp³-hybridized carbons (Fsp3) is 0.500. The van der Waals surface area contributed by atoms with Gasteiger partial charge in [-0.2, -0.15) is 0 Å². The summed E-state index contributed by atoms with van der Waals surface area (Å²) in [4.78, 5) is 0. The summed E-state index contributed by atoms with van der Waals surface area (Å²) >= 11 is 0. The van der Waals surface area contributed by atoms with Crippen LogP contribution in [-0.2, 0) is 0 Å². The summed E-state index contributed by atoms with van der Waals surface area (Å²) in [7, 11) is 1.81. The number of ether oxygens (including phenoxy) is 1. The first-order valence-corrected chi connectivity index (χ1v) is 5.43. The Morgan fingerprint density at radius 3 is 2.73 bits per heavy atom. The van der Waals surface area contributed by atoms with Crippen LogP contribution in [0.1, 0.15) is 25.7 Å². The van der Waals surface area contributed by atoms with Crippen molar-refractivity contribution in [2.75, 3.05) is 12.4 Å². The molecule has 0 heterocycles. The molecule has 1 fully saturated rings. The second-order valence-corrected chi connectivity index (χ2v) is 3.91. The Labute approximate surface area is 89.4 Å². The number of hydrogen-bond donors (Lipinski definition) is 1. The number of benzene rings is 1. The van der Waals surface area contributed by atoms with Gasteiger partial charge in [-0.15, -0.1) is 0 Å². The summed E-state index contributed by atoms with van der Waals surface area (Å²) in [5, 5.41) is 3.01. The van der Waals surface area contributed by atoms with Crippen LogP contribution in [0.15, 0.2) is 18.2 Å². The molecule has 1 aromatic carbocycles. The zero-order valence-corrected chi connectivity index (χ0v) is 8.92. The lowest BCUT2D eigenvalue weighted by Gasteiger charge is -2.16. The molecule has 0 aliphatic heterocycles. The molecule has 1 saturated carbocycles. The molecule has 0 spiro atoms. The molecule has 82 valence electrons. The second kappa shape index (κ2) is 4.51. The molecule has 3 heteroatoms. The van der Waals surface area contributed by atoms with Gasteiger partial charge in [-0.3, -0.25) is 0 Å². The maximum Gasteiger partial charge on any atom is 0.145 e. The van der Waals surface area contributed by atoms with Gasteiger partial charge in [0.2, 0.25) is 0 Å². The monoisotopic (exact) mass is 209 g/mol. The summed E-state index contributed by atoms with van der Waals surface area (Å²) < 4.78 is 18.8. The molecule has 0 atom stereocenters. The predicted molar refractivity (Wildman–Crippen MR) is 58.8 cm³/mol. The highest BCUT2D eigenvalue weighted by Crippen LogP contribution is 2.30. The van der Waals surface area contributed by atoms with Crippen molar-refractivity contribution in [1.29, 1.82) is 0 Å². The van der Waals surface area contributed by atoms with Gasteiger partial charge in [0.05, 0.1) is 11.8 Å². The summed E-state index contributed by atoms with van der Waals surface area (Å²) in [5.74, 6) is 0.381. The first kappa shape index (κ1) is 10.3. The summed E-state index contributed by atoms with van der Waals surface area (Å²) in [6.45, 7) is 0. The van der Waals surface area contributed by atoms with E-state index < -0.39 is 0 Å². The average Bonchev–Trinajstić information content (AvgIpc) is 2.71. The van der Waals surface area contributed by atoms with Crippen molar-refractivity contribution in [2.45, 2.75) is 31.8 Å². The fourth-order valence-electron chi connectivity index (χ4n) is 1.99. The van der Waals surface area contributed by atoms with Gasteiger partial charge < -0.3 is 10.1 Å². The van der Waals surface area contributed by atoms with Crippen molar-refractivity contribution in [3.8, 4) is 5.75 Å². The van der Waals surface area contributed by atoms with E-state index >= 15 is 0 Å². The van der Waals surface area contributed by atoms with Gasteiger partial charge in [0, 0.05) is 13.1 Å². The van der Waals surface area contributed by atoms with Gasteiger partial charge in [-0.05, 0) is 37.8 Å². The first-order chi connectivity index (χ1) is 7.29. The molecule has 1 aliphatic carbocycles. The number of rotatable bonds is 3. The molecule has 0 radical (unpaired) electrons. The van der Waals surface area contributed by atoms with Crippen LogP contribution in [0.25, 0.3) is 0 Å². The van der Waals surface area contributed by atoms with Gasteiger partial charge >= 0.3 is 0 Å². The molecule has 1 N–H and O–H groups in total. The zero-order chi connectivity index (χ0) is 10.7. The van der Waals surface area contributed by atoms with E-state index in [1.165, 1.54) is 25.0 Å². The van der Waals surface area contributed by atoms with Crippen molar-refractivity contribution in [3.63, 3.8) is 0 Å². The third-order valence-corrected chi connectivity index (χ3v) is 2.81. The van der Waals surface area contributed by atoms with Gasteiger partial charge in [-0.25, -0.2) is 4.39 Å². The molecule has 15 heavy (non-hydrogen) atoms. The Bertz CT molecular complexity index is 334. The lowest BCUT2D eigenvalue weighted by Crippen LogP contribution is -2.12. The number of nitrogens with one attached hydrogen (secondary N) is 1. The molecule has 0 bridgehead atoms. The van der Waals surface area contributed by atoms with Crippen molar-refractivity contribution >= 4 is 5.69 Å². The average molecular weight is 209 g/mol. The van der Waals surface area contributed by atoms with Gasteiger partial charge in [0.25, 0.3) is 0 Å². The van der Waals surface area contributed by atoms with Crippen molar-refractivity contribution in [1.82, 2.24) is 0 Å². The maximum absolute atomic E-state index is 13.0. The molecule has 1 aromatic rings. The van der Waals surface area contributed by atoms with Gasteiger partial charge in [0.1, 0.15) is 11.6 Å². The van der Waals surface area contributed by atoms with Gasteiger partial charge in [0.15, 0.2) is 0 Å². The lowest BCUT2D eigenvalue weighted by atomic mass is 10.2. The molecule has 0 amide bonds. The van der Waals surface area contributed by atoms with E-state index in [4.69, 9.17) is 4.74 Å². The minimum atomic E-state index is -0.248. The summed E-state index contributed by atoms with van der Waals surface area (Å²) in [5.41, 5.74) is 0.850. The van der Waals surface area contributed by atoms with Crippen LogP contribution in [0.3, 0.4) is 0 Å². The predicted octanol–water partition coefficient (Wildman–Crippen LogP) is 3.19. The van der Waals surface area contributed by atoms with E-state index in [-0.39, 0.29) is 11.9 Å². The van der Waals surface area contributed by atoms with Crippen LogP contribution >= 0.6 is 0 Å². The summed E-state index contributed by atoms with van der Waals surface area (Å²) in [6, 6.07) is 4.59. The normalized spacial score (nSPS) is 16.7. The number of halogens is 1. The quantitative estimate of drug-likeness (QED) is 0.825. The Hall–Kier alpha value is -1.25. The van der Waals surface area contributed by atoms with Crippen LogP contribution in [0.5, 0.6) is 5.75 Å². The third kappa shape index (κ3) is 2.41. The third-order valence-electron chi connectivity index (χ3n) is 2.81.